The Morgan fingerprint density at radius 2 is 1.48 bits per heavy atom. The van der Waals surface area contributed by atoms with Crippen molar-refractivity contribution in [2.24, 2.45) is 0 Å². The van der Waals surface area contributed by atoms with E-state index in [1.165, 1.54) is 16.7 Å². The molecule has 0 bridgehead atoms. The lowest BCUT2D eigenvalue weighted by Crippen LogP contribution is -2.18. The molecule has 2 saturated heterocycles. The van der Waals surface area contributed by atoms with E-state index in [0.29, 0.717) is 18.8 Å². The first-order valence-corrected chi connectivity index (χ1v) is 8.20. The van der Waals surface area contributed by atoms with Crippen LogP contribution in [0.25, 0.3) is 0 Å². The van der Waals surface area contributed by atoms with Gasteiger partial charge in [-0.15, -0.1) is 0 Å². The normalized spacial score (nSPS) is 22.7. The van der Waals surface area contributed by atoms with Gasteiger partial charge in [-0.2, -0.15) is 0 Å². The van der Waals surface area contributed by atoms with Gasteiger partial charge >= 0.3 is 0 Å². The summed E-state index contributed by atoms with van der Waals surface area (Å²) in [6.45, 7) is 6.84. The Bertz CT molecular complexity index is 665. The van der Waals surface area contributed by atoms with Crippen LogP contribution in [0.2, 0.25) is 0 Å². The van der Waals surface area contributed by atoms with E-state index in [2.05, 4.69) is 50.2 Å². The molecule has 0 saturated carbocycles. The Labute approximate surface area is 137 Å². The highest BCUT2D eigenvalue weighted by Crippen LogP contribution is 2.35. The molecule has 0 aromatic heterocycles. The third-order valence-electron chi connectivity index (χ3n) is 4.75. The van der Waals surface area contributed by atoms with E-state index in [9.17, 15) is 0 Å². The topological polar surface area (TPSA) is 34.3 Å². The molecule has 2 atom stereocenters. The van der Waals surface area contributed by atoms with Gasteiger partial charge in [-0.05, 0) is 28.8 Å². The second-order valence-electron chi connectivity index (χ2n) is 6.86. The lowest BCUT2D eigenvalue weighted by atomic mass is 9.78. The first-order chi connectivity index (χ1) is 11.1. The molecule has 0 amide bonds. The Morgan fingerprint density at radius 1 is 0.913 bits per heavy atom. The molecule has 23 heavy (non-hydrogen) atoms. The molecule has 3 nitrogen and oxygen atoms in total. The fourth-order valence-corrected chi connectivity index (χ4v) is 2.84. The number of benzene rings is 2. The fourth-order valence-electron chi connectivity index (χ4n) is 2.84. The van der Waals surface area contributed by atoms with E-state index in [1.807, 2.05) is 12.1 Å². The van der Waals surface area contributed by atoms with E-state index < -0.39 is 0 Å². The molecule has 2 aliphatic heterocycles. The van der Waals surface area contributed by atoms with Crippen LogP contribution in [0.4, 0.5) is 0 Å². The molecule has 2 heterocycles. The number of rotatable bonds is 6. The first-order valence-electron chi connectivity index (χ1n) is 8.20. The largest absolute Gasteiger partial charge is 0.491 e. The number of hydrogen-bond acceptors (Lipinski definition) is 3. The highest BCUT2D eigenvalue weighted by molar-refractivity contribution is 5.41. The Balaban J connectivity index is 1.49. The summed E-state index contributed by atoms with van der Waals surface area (Å²) >= 11 is 0. The van der Waals surface area contributed by atoms with E-state index in [1.54, 1.807) is 0 Å². The fraction of sp³-hybridized carbons (Fsp3) is 0.400. The van der Waals surface area contributed by atoms with Crippen molar-refractivity contribution in [1.82, 2.24) is 0 Å². The first kappa shape index (κ1) is 14.7. The summed E-state index contributed by atoms with van der Waals surface area (Å²) in [6.07, 6.45) is 0.610. The summed E-state index contributed by atoms with van der Waals surface area (Å²) in [7, 11) is 0. The van der Waals surface area contributed by atoms with Crippen LogP contribution in [0.15, 0.2) is 48.5 Å². The lowest BCUT2D eigenvalue weighted by Gasteiger charge is -2.26. The molecule has 0 spiro atoms. The van der Waals surface area contributed by atoms with Crippen molar-refractivity contribution in [2.75, 3.05) is 19.8 Å². The molecule has 2 aromatic carbocycles. The zero-order chi connectivity index (χ0) is 15.9. The van der Waals surface area contributed by atoms with Crippen LogP contribution in [0.3, 0.4) is 0 Å². The molecule has 3 heteroatoms. The Hall–Kier alpha value is -1.84. The maximum Gasteiger partial charge on any atom is 0.119 e. The molecule has 0 aliphatic carbocycles. The zero-order valence-corrected chi connectivity index (χ0v) is 13.6. The Morgan fingerprint density at radius 3 is 2.00 bits per heavy atom. The quantitative estimate of drug-likeness (QED) is 0.760. The van der Waals surface area contributed by atoms with E-state index in [4.69, 9.17) is 14.2 Å². The summed E-state index contributed by atoms with van der Waals surface area (Å²) in [5.74, 6) is 0.904. The van der Waals surface area contributed by atoms with Gasteiger partial charge in [0.05, 0.1) is 13.2 Å². The van der Waals surface area contributed by atoms with Crippen molar-refractivity contribution in [3.8, 4) is 5.75 Å². The summed E-state index contributed by atoms with van der Waals surface area (Å²) in [5.41, 5.74) is 3.82. The minimum absolute atomic E-state index is 0.0406. The third kappa shape index (κ3) is 3.26. The molecule has 2 unspecified atom stereocenters. The summed E-state index contributed by atoms with van der Waals surface area (Å²) in [5, 5.41) is 0. The summed E-state index contributed by atoms with van der Waals surface area (Å²) in [6, 6.07) is 17.2. The van der Waals surface area contributed by atoms with Gasteiger partial charge in [0, 0.05) is 5.41 Å². The number of hydrogen-bond donors (Lipinski definition) is 0. The number of ether oxygens (including phenoxy) is 3. The van der Waals surface area contributed by atoms with Crippen LogP contribution < -0.4 is 4.74 Å². The maximum absolute atomic E-state index is 5.71. The molecule has 0 radical (unpaired) electrons. The van der Waals surface area contributed by atoms with Gasteiger partial charge in [-0.1, -0.05) is 50.2 Å². The predicted octanol–water partition coefficient (Wildman–Crippen LogP) is 3.86. The Kier molecular flexibility index (Phi) is 3.63. The van der Waals surface area contributed by atoms with Gasteiger partial charge < -0.3 is 14.2 Å². The van der Waals surface area contributed by atoms with Crippen molar-refractivity contribution in [3.05, 3.63) is 65.2 Å². The highest BCUT2D eigenvalue weighted by Gasteiger charge is 2.27. The molecule has 2 fully saturated rings. The average Bonchev–Trinajstić information content (AvgIpc) is 3.47. The molecule has 4 rings (SSSR count). The third-order valence-corrected chi connectivity index (χ3v) is 4.75. The highest BCUT2D eigenvalue weighted by atomic mass is 16.6. The van der Waals surface area contributed by atoms with Crippen molar-refractivity contribution < 1.29 is 14.2 Å². The van der Waals surface area contributed by atoms with Crippen LogP contribution in [-0.4, -0.2) is 25.9 Å². The van der Waals surface area contributed by atoms with Crippen LogP contribution in [-0.2, 0) is 14.9 Å². The monoisotopic (exact) mass is 310 g/mol. The standard InChI is InChI=1S/C20H22O3/c1-20(2,15-5-3-14(4-6-15)19-13-23-19)16-7-9-17(10-8-16)21-11-18-12-22-18/h3-10,18-19H,11-13H2,1-2H3. The van der Waals surface area contributed by atoms with Crippen LogP contribution >= 0.6 is 0 Å². The van der Waals surface area contributed by atoms with E-state index in [-0.39, 0.29) is 5.41 Å². The maximum atomic E-state index is 5.71. The predicted molar refractivity (Wildman–Crippen MR) is 88.9 cm³/mol. The SMILES string of the molecule is CC(C)(c1ccc(OCC2CO2)cc1)c1ccc(C2CO2)cc1. The number of epoxide rings is 2. The van der Waals surface area contributed by atoms with E-state index in [0.717, 1.165) is 19.0 Å². The van der Waals surface area contributed by atoms with Gasteiger partial charge in [0.15, 0.2) is 0 Å². The molecule has 2 aromatic rings. The van der Waals surface area contributed by atoms with Crippen LogP contribution in [0, 0.1) is 0 Å². The smallest absolute Gasteiger partial charge is 0.119 e. The summed E-state index contributed by atoms with van der Waals surface area (Å²) in [4.78, 5) is 0. The minimum atomic E-state index is -0.0406. The van der Waals surface area contributed by atoms with Gasteiger partial charge in [-0.3, -0.25) is 0 Å². The van der Waals surface area contributed by atoms with Gasteiger partial charge in [-0.25, -0.2) is 0 Å². The molecular weight excluding hydrogens is 288 g/mol. The van der Waals surface area contributed by atoms with Gasteiger partial charge in [0.25, 0.3) is 0 Å². The van der Waals surface area contributed by atoms with E-state index >= 15 is 0 Å². The summed E-state index contributed by atoms with van der Waals surface area (Å²) < 4.78 is 16.2. The lowest BCUT2D eigenvalue weighted by molar-refractivity contribution is 0.263. The molecule has 120 valence electrons. The van der Waals surface area contributed by atoms with Crippen LogP contribution in [0.5, 0.6) is 5.75 Å². The zero-order valence-electron chi connectivity index (χ0n) is 13.6. The van der Waals surface area contributed by atoms with Crippen molar-refractivity contribution in [2.45, 2.75) is 31.5 Å². The second kappa shape index (κ2) is 5.66. The van der Waals surface area contributed by atoms with Crippen molar-refractivity contribution >= 4 is 0 Å². The van der Waals surface area contributed by atoms with Crippen molar-refractivity contribution in [3.63, 3.8) is 0 Å². The van der Waals surface area contributed by atoms with Gasteiger partial charge in [0.2, 0.25) is 0 Å². The second-order valence-corrected chi connectivity index (χ2v) is 6.86. The van der Waals surface area contributed by atoms with Crippen molar-refractivity contribution in [1.29, 1.82) is 0 Å². The molecule has 2 aliphatic rings. The van der Waals surface area contributed by atoms with Gasteiger partial charge in [0.1, 0.15) is 24.6 Å². The molecular formula is C20H22O3. The minimum Gasteiger partial charge on any atom is -0.491 e. The average molecular weight is 310 g/mol. The molecule has 0 N–H and O–H groups in total. The van der Waals surface area contributed by atoms with Crippen LogP contribution in [0.1, 0.15) is 36.6 Å².